The van der Waals surface area contributed by atoms with E-state index in [2.05, 4.69) is 98.6 Å². The van der Waals surface area contributed by atoms with E-state index in [0.29, 0.717) is 93.0 Å². The molecule has 4 saturated heterocycles. The highest BCUT2D eigenvalue weighted by atomic mass is 32.2. The van der Waals surface area contributed by atoms with Gasteiger partial charge < -0.3 is 61.6 Å². The molecule has 0 aliphatic carbocycles. The van der Waals surface area contributed by atoms with Gasteiger partial charge in [0.05, 0.1) is 63.7 Å². The Morgan fingerprint density at radius 1 is 0.429 bits per heavy atom. The van der Waals surface area contributed by atoms with Crippen molar-refractivity contribution >= 4 is 138 Å². The summed E-state index contributed by atoms with van der Waals surface area (Å²) in [5.41, 5.74) is 5.53. The summed E-state index contributed by atoms with van der Waals surface area (Å²) in [6, 6.07) is 38.4. The van der Waals surface area contributed by atoms with Crippen LogP contribution in [0.1, 0.15) is 114 Å². The van der Waals surface area contributed by atoms with Crippen LogP contribution in [-0.2, 0) is 41.4 Å². The number of halogens is 6. The number of hydrogen-bond acceptors (Lipinski definition) is 19. The molecule has 0 unspecified atom stereocenters. The lowest BCUT2D eigenvalue weighted by Crippen LogP contribution is -2.43. The van der Waals surface area contributed by atoms with Crippen LogP contribution in [0.4, 0.5) is 86.2 Å². The number of benzene rings is 4. The van der Waals surface area contributed by atoms with E-state index < -0.39 is 73.6 Å². The van der Waals surface area contributed by atoms with E-state index in [0.717, 1.165) is 32.0 Å². The zero-order valence-corrected chi connectivity index (χ0v) is 76.0. The monoisotopic (exact) mass is 1960 g/mol. The van der Waals surface area contributed by atoms with E-state index >= 15 is 0 Å². The van der Waals surface area contributed by atoms with Crippen molar-refractivity contribution in [3.8, 4) is 0 Å². The van der Waals surface area contributed by atoms with Crippen molar-refractivity contribution in [3.63, 3.8) is 0 Å². The molecule has 770 valence electrons. The van der Waals surface area contributed by atoms with Gasteiger partial charge in [0.25, 0.3) is 30.1 Å². The van der Waals surface area contributed by atoms with Crippen LogP contribution in [0.5, 0.6) is 0 Å². The molecule has 0 bridgehead atoms. The fourth-order valence-corrected chi connectivity index (χ4v) is 20.9. The van der Waals surface area contributed by atoms with Crippen molar-refractivity contribution < 1.29 is 124 Å². The molecule has 133 heavy (non-hydrogen) atoms. The lowest BCUT2D eigenvalue weighted by Gasteiger charge is -2.25. The Bertz CT molecular complexity index is 6890. The third kappa shape index (κ3) is 21.8. The molecule has 32 nitrogen and oxygen atoms in total. The van der Waals surface area contributed by atoms with Crippen molar-refractivity contribution in [2.75, 3.05) is 86.7 Å². The summed E-state index contributed by atoms with van der Waals surface area (Å²) in [5, 5.41) is 23.2. The van der Waals surface area contributed by atoms with E-state index in [9.17, 15) is 66.0 Å². The first-order valence-corrected chi connectivity index (χ1v) is 47.0. The van der Waals surface area contributed by atoms with Gasteiger partial charge in [0.1, 0.15) is 25.3 Å². The van der Waals surface area contributed by atoms with Crippen LogP contribution in [0.2, 0.25) is 0 Å². The van der Waals surface area contributed by atoms with Gasteiger partial charge in [0.15, 0.2) is 16.9 Å². The van der Waals surface area contributed by atoms with E-state index in [1.807, 2.05) is 74.7 Å². The molecule has 4 aliphatic heterocycles. The lowest BCUT2D eigenvalue weighted by atomic mass is 9.91. The number of alkyl halides is 6. The van der Waals surface area contributed by atoms with Crippen molar-refractivity contribution in [1.82, 2.24) is 67.5 Å². The minimum Gasteiger partial charge on any atom is -0.445 e. The standard InChI is InChI=1S/C29H29N5O4S.C24H25F3N6O3S.C21H23N5O2S.C18H21F3N6O.37H2/c1-20(2)24-17-33(29(35)38-19-21-10-6-4-7-11-21)18-26(24)32-27-23-14-15-34(28(23)31-16-25(27)30-3)39(36,37)22-12-8-5-9-13-22;1-15(2)18-12-32(23(34)30-14-24(25,26)27)13-20(18)31-21-17-9-10-33(22(17)29-11-19(21)28-3)37(35,36)16-7-5-4-6-8-16;1-14(2)17-11-23-12-18(17)25-20-16-9-10-26(21(16)24-13-19(20)22-3)29(27,28)15-7-5-4-6-8-15;1-10(2)12-7-27(17(28)25-9-18(19,20)21)8-14(12)26-15-11-4-5-23-16(11)24-6-13(15)22-3;;;;;;;;;;;;;;;;;;;;;;;;;;;;;;;;;;;;;/h4-16,20,24,26H,17-19H2,1-2H3,(H,31,32);4-11,15,18,20H,12-14H2,1-2H3,(H,29,31)(H,30,34);4-10,13-14,17-18,23H,11-12H2,1-2H3,(H,24,25);4-6,10,12,14H,7-9H2,1-2H3,(H,25,28)(H2,23,24,26);37*1H/t24-,26-;18-,20-;17-,18-;12-,14-;;;;;;;;;;;;;;;;;;;;;;;;;;;;;;;;;;;;;/m0000...................................../s1. The summed E-state index contributed by atoms with van der Waals surface area (Å²) >= 11 is 0. The molecule has 0 saturated carbocycles. The number of amides is 5. The lowest BCUT2D eigenvalue weighted by molar-refractivity contribution is -0.123. The fraction of sp³-hybridized carbons (Fsp3) is 0.359. The van der Waals surface area contributed by atoms with Crippen LogP contribution < -0.4 is 37.2 Å². The van der Waals surface area contributed by atoms with Gasteiger partial charge in [0.2, 0.25) is 22.7 Å². The zero-order chi connectivity index (χ0) is 95.6. The van der Waals surface area contributed by atoms with E-state index in [1.165, 1.54) is 81.4 Å². The topological polar surface area (TPSA) is 356 Å². The number of aromatic nitrogens is 8. The average Bonchev–Trinajstić information content (AvgIpc) is 1.61. The second kappa shape index (κ2) is 40.8. The normalized spacial score (nSPS) is 18.6. The molecule has 16 rings (SSSR count). The van der Waals surface area contributed by atoms with Crippen LogP contribution in [0.3, 0.4) is 0 Å². The summed E-state index contributed by atoms with van der Waals surface area (Å²) in [6.07, 6.45) is 2.28. The maximum atomic E-state index is 13.3. The number of anilines is 4. The van der Waals surface area contributed by atoms with Gasteiger partial charge in [-0.3, -0.25) is 4.98 Å². The molecule has 5 amide bonds. The van der Waals surface area contributed by atoms with E-state index in [-0.39, 0.29) is 176 Å². The molecule has 4 fully saturated rings. The van der Waals surface area contributed by atoms with E-state index in [4.69, 9.17) is 31.0 Å². The highest BCUT2D eigenvalue weighted by Gasteiger charge is 2.43. The summed E-state index contributed by atoms with van der Waals surface area (Å²) in [7, 11) is -11.6. The largest absolute Gasteiger partial charge is 0.445 e. The third-order valence-corrected chi connectivity index (χ3v) is 29.0. The molecule has 12 heterocycles. The number of carbonyl (C=O) groups is 3. The number of ether oxygens (including phenoxy) is 1. The maximum Gasteiger partial charge on any atom is 0.410 e. The van der Waals surface area contributed by atoms with Gasteiger partial charge in [-0.2, -0.15) is 26.3 Å². The van der Waals surface area contributed by atoms with Gasteiger partial charge >= 0.3 is 30.5 Å². The number of nitrogens with one attached hydrogen (secondary N) is 8. The molecule has 4 aliphatic rings. The minimum atomic E-state index is -4.52. The number of hydrogen-bond donors (Lipinski definition) is 8. The number of fused-ring (bicyclic) bond motifs is 4. The zero-order valence-electron chi connectivity index (χ0n) is 73.5. The predicted molar refractivity (Wildman–Crippen MR) is 572 cm³/mol. The Labute approximate surface area is 820 Å². The maximum absolute atomic E-state index is 13.3. The molecule has 0 radical (unpaired) electrons. The first kappa shape index (κ1) is 96.6. The van der Waals surface area contributed by atoms with Crippen molar-refractivity contribution in [2.24, 2.45) is 47.3 Å². The Morgan fingerprint density at radius 2 is 0.752 bits per heavy atom. The molecule has 41 heteroatoms. The first-order valence-electron chi connectivity index (χ1n) is 42.6. The van der Waals surface area contributed by atoms with Crippen LogP contribution >= 0.6 is 0 Å². The number of nitrogens with zero attached hydrogens (tertiary/aromatic N) is 14. The van der Waals surface area contributed by atoms with Crippen LogP contribution in [-0.4, -0.2) is 197 Å². The Kier molecular flexibility index (Phi) is 29.6. The highest BCUT2D eigenvalue weighted by Crippen LogP contribution is 2.43. The molecular formula is C92H172F6N22O10S3. The number of likely N-dealkylation sites (tertiary alicyclic amines) is 3. The molecule has 8 atom stereocenters. The Hall–Kier alpha value is -14.0. The minimum absolute atomic E-state index is 0. The van der Waals surface area contributed by atoms with Gasteiger partial charge in [-0.25, -0.2) is 85.9 Å². The molecule has 8 aromatic heterocycles. The average molecular weight is 1960 g/mol. The smallest absolute Gasteiger partial charge is 0.410 e. The van der Waals surface area contributed by atoms with E-state index in [1.54, 1.807) is 96.0 Å². The van der Waals surface area contributed by atoms with Crippen LogP contribution in [0, 0.1) is 73.6 Å². The van der Waals surface area contributed by atoms with Crippen molar-refractivity contribution in [3.05, 3.63) is 246 Å². The van der Waals surface area contributed by atoms with Gasteiger partial charge in [0, 0.05) is 218 Å². The summed E-state index contributed by atoms with van der Waals surface area (Å²) in [6.45, 7) is 47.6. The predicted octanol–water partition coefficient (Wildman–Crippen LogP) is 26.3. The first-order chi connectivity index (χ1) is 63.3. The summed E-state index contributed by atoms with van der Waals surface area (Å²) in [5.74, 6) is 1.39. The quantitative estimate of drug-likeness (QED) is 0.0231. The van der Waals surface area contributed by atoms with Crippen LogP contribution in [0.25, 0.3) is 63.5 Å². The second-order valence-corrected chi connectivity index (χ2v) is 39.3. The second-order valence-electron chi connectivity index (χ2n) is 33.9. The number of H-pyrrole nitrogens is 1. The molecule has 4 aromatic carbocycles. The third-order valence-electron chi connectivity index (χ3n) is 23.9. The molecule has 0 spiro atoms. The van der Waals surface area contributed by atoms with Crippen molar-refractivity contribution in [1.29, 1.82) is 0 Å². The van der Waals surface area contributed by atoms with Crippen molar-refractivity contribution in [2.45, 2.75) is 113 Å². The number of pyridine rings is 4. The number of carbonyl (C=O) groups excluding carboxylic acids is 3. The number of rotatable bonds is 22. The number of urea groups is 2. The highest BCUT2D eigenvalue weighted by molar-refractivity contribution is 7.90. The van der Waals surface area contributed by atoms with Gasteiger partial charge in [-0.05, 0) is 95.8 Å². The summed E-state index contributed by atoms with van der Waals surface area (Å²) in [4.78, 5) is 76.7. The summed E-state index contributed by atoms with van der Waals surface area (Å²) < 4.78 is 163. The number of aromatic amines is 1. The Morgan fingerprint density at radius 3 is 1.10 bits per heavy atom. The fourth-order valence-electron chi connectivity index (χ4n) is 16.9. The SMILES string of the molecule is [C-]#[N+]c1cnc2[nH]ccc2c1N[C@H]1CN(C(=O)NCC(F)(F)F)C[C@H]1C(C)C.[C-]#[N+]c1cnc2c(ccn2S(=O)(=O)c2ccccc2)c1N[C@H]1CN(C(=O)NCC(F)(F)F)C[C@H]1C(C)C.[C-]#[N+]c1cnc2c(ccn2S(=O)(=O)c2ccccc2)c1N[C@H]1CN(C(=O)OCc2ccccc2)C[C@H]1C(C)C.[C-]#[N+]c1cnc2c(ccn2S(=O)(=O)c2ccccc2)c1N[C@H]1CNC[C@H]1C(C)C.[HH].[HH].[HH].[HH].[HH].[HH].[HH].[HH].[HH].[HH].[HH].[HH].[HH].[HH].[HH].[HH].[HH].[HH].[HH].[HH].[HH].[HH].[HH].[HH].[HH].[HH].[HH].[HH].[HH].[HH].[HH].[HH].[HH].[HH].[HH].[HH].[HH]. The molecular weight excluding hydrogens is 1780 g/mol. The Balaban J connectivity index is -0.0000000673. The van der Waals surface area contributed by atoms with Gasteiger partial charge in [-0.1, -0.05) is 140 Å². The molecule has 8 N–H and O–H groups in total. The van der Waals surface area contributed by atoms with Gasteiger partial charge in [-0.15, -0.1) is 0 Å². The van der Waals surface area contributed by atoms with Crippen LogP contribution in [0.15, 0.2) is 210 Å². The molecule has 12 aromatic rings.